The highest BCUT2D eigenvalue weighted by Gasteiger charge is 2.29. The van der Waals surface area contributed by atoms with Gasteiger partial charge in [-0.25, -0.2) is 12.7 Å². The van der Waals surface area contributed by atoms with Gasteiger partial charge >= 0.3 is 0 Å². The fraction of sp³-hybridized carbons (Fsp3) is 0.667. The normalized spacial score (nSPS) is 18.4. The van der Waals surface area contributed by atoms with Crippen LogP contribution in [0.2, 0.25) is 0 Å². The third kappa shape index (κ3) is 5.52. The summed E-state index contributed by atoms with van der Waals surface area (Å²) >= 11 is 1.54. The minimum Gasteiger partial charge on any atom is -0.394 e. The predicted octanol–water partition coefficient (Wildman–Crippen LogP) is 0.586. The van der Waals surface area contributed by atoms with Gasteiger partial charge in [-0.1, -0.05) is 6.07 Å². The summed E-state index contributed by atoms with van der Waals surface area (Å²) in [5.74, 6) is -0.248. The minimum absolute atomic E-state index is 0.0697. The van der Waals surface area contributed by atoms with Crippen LogP contribution < -0.4 is 5.32 Å². The number of amides is 1. The van der Waals surface area contributed by atoms with Gasteiger partial charge in [-0.05, 0) is 24.3 Å². The molecule has 9 heteroatoms. The van der Waals surface area contributed by atoms with Crippen molar-refractivity contribution >= 4 is 27.3 Å². The van der Waals surface area contributed by atoms with Crippen molar-refractivity contribution in [1.29, 1.82) is 0 Å². The van der Waals surface area contributed by atoms with E-state index in [9.17, 15) is 13.2 Å². The van der Waals surface area contributed by atoms with Gasteiger partial charge in [0.15, 0.2) is 0 Å². The molecular weight excluding hydrogens is 352 g/mol. The first-order chi connectivity index (χ1) is 11.4. The summed E-state index contributed by atoms with van der Waals surface area (Å²) in [6.45, 7) is 1.25. The maximum atomic E-state index is 12.3. The zero-order chi connectivity index (χ0) is 17.6. The molecule has 0 aromatic carbocycles. The molecule has 2 N–H and O–H groups in total. The summed E-state index contributed by atoms with van der Waals surface area (Å²) in [4.78, 5) is 13.3. The molecule has 2 heterocycles. The molecular formula is C15H24N2O5S2. The van der Waals surface area contributed by atoms with E-state index in [1.54, 1.807) is 11.3 Å². The van der Waals surface area contributed by atoms with Crippen molar-refractivity contribution in [1.82, 2.24) is 9.62 Å². The number of hydrogen-bond donors (Lipinski definition) is 2. The Balaban J connectivity index is 1.83. The number of ether oxygens (including phenoxy) is 1. The first-order valence-corrected chi connectivity index (χ1v) is 10.6. The molecule has 0 aliphatic carbocycles. The van der Waals surface area contributed by atoms with E-state index in [0.717, 1.165) is 4.88 Å². The Morgan fingerprint density at radius 3 is 2.75 bits per heavy atom. The lowest BCUT2D eigenvalue weighted by Gasteiger charge is -2.29. The highest BCUT2D eigenvalue weighted by Crippen LogP contribution is 2.23. The van der Waals surface area contributed by atoms with E-state index >= 15 is 0 Å². The molecule has 136 valence electrons. The molecule has 1 aromatic heterocycles. The molecule has 1 saturated heterocycles. The maximum Gasteiger partial charge on any atom is 0.223 e. The van der Waals surface area contributed by atoms with Crippen LogP contribution >= 0.6 is 11.3 Å². The topological polar surface area (TPSA) is 95.9 Å². The number of nitrogens with one attached hydrogen (secondary N) is 1. The molecule has 0 bridgehead atoms. The van der Waals surface area contributed by atoms with E-state index in [0.29, 0.717) is 32.5 Å². The molecule has 0 spiro atoms. The highest BCUT2D eigenvalue weighted by atomic mass is 32.2. The Morgan fingerprint density at radius 1 is 1.50 bits per heavy atom. The molecule has 1 aromatic rings. The summed E-state index contributed by atoms with van der Waals surface area (Å²) in [5.41, 5.74) is 0. The van der Waals surface area contributed by atoms with E-state index in [-0.39, 0.29) is 31.1 Å². The summed E-state index contributed by atoms with van der Waals surface area (Å²) in [5, 5.41) is 13.8. The van der Waals surface area contributed by atoms with Crippen LogP contribution in [-0.4, -0.2) is 62.8 Å². The van der Waals surface area contributed by atoms with Gasteiger partial charge in [-0.2, -0.15) is 0 Å². The average molecular weight is 377 g/mol. The number of carbonyl (C=O) groups excluding carboxylic acids is 1. The molecule has 0 unspecified atom stereocenters. The molecule has 1 aliphatic rings. The van der Waals surface area contributed by atoms with Crippen LogP contribution in [0.15, 0.2) is 17.5 Å². The Labute approximate surface area is 146 Å². The number of rotatable bonds is 8. The number of thiophene rings is 1. The van der Waals surface area contributed by atoms with Crippen molar-refractivity contribution in [3.63, 3.8) is 0 Å². The molecule has 1 atom stereocenters. The minimum atomic E-state index is -3.18. The molecule has 0 saturated carbocycles. The predicted molar refractivity (Wildman–Crippen MR) is 92.2 cm³/mol. The average Bonchev–Trinajstić information content (AvgIpc) is 3.08. The van der Waals surface area contributed by atoms with Crippen LogP contribution in [0.5, 0.6) is 0 Å². The Kier molecular flexibility index (Phi) is 7.17. The standard InChI is InChI=1S/C15H24N2O5S2/c1-24(20,21)17-6-4-12(5-7-17)15(19)16-11-13(22-9-8-18)14-3-2-10-23-14/h2-3,10,12-13,18H,4-9,11H2,1H3,(H,16,19)/t13-/m0/s1. The van der Waals surface area contributed by atoms with Crippen molar-refractivity contribution in [3.05, 3.63) is 22.4 Å². The number of aliphatic hydroxyl groups excluding tert-OH is 1. The van der Waals surface area contributed by atoms with Crippen LogP contribution in [0.4, 0.5) is 0 Å². The molecule has 0 radical (unpaired) electrons. The van der Waals surface area contributed by atoms with E-state index in [4.69, 9.17) is 9.84 Å². The van der Waals surface area contributed by atoms with Crippen molar-refractivity contribution in [3.8, 4) is 0 Å². The molecule has 24 heavy (non-hydrogen) atoms. The lowest BCUT2D eigenvalue weighted by molar-refractivity contribution is -0.126. The smallest absolute Gasteiger partial charge is 0.223 e. The number of nitrogens with zero attached hydrogens (tertiary/aromatic N) is 1. The maximum absolute atomic E-state index is 12.3. The van der Waals surface area contributed by atoms with Gasteiger partial charge in [0.1, 0.15) is 6.10 Å². The quantitative estimate of drug-likeness (QED) is 0.692. The fourth-order valence-electron chi connectivity index (χ4n) is 2.70. The first-order valence-electron chi connectivity index (χ1n) is 7.90. The Bertz CT molecular complexity index is 610. The Morgan fingerprint density at radius 2 is 2.21 bits per heavy atom. The van der Waals surface area contributed by atoms with Crippen LogP contribution in [0.25, 0.3) is 0 Å². The van der Waals surface area contributed by atoms with Crippen LogP contribution in [-0.2, 0) is 19.6 Å². The monoisotopic (exact) mass is 376 g/mol. The summed E-state index contributed by atoms with van der Waals surface area (Å²) in [6.07, 6.45) is 1.97. The summed E-state index contributed by atoms with van der Waals surface area (Å²) in [7, 11) is -3.18. The second kappa shape index (κ2) is 8.91. The summed E-state index contributed by atoms with van der Waals surface area (Å²) in [6, 6.07) is 3.85. The van der Waals surface area contributed by atoms with Crippen LogP contribution in [0, 0.1) is 5.92 Å². The lowest BCUT2D eigenvalue weighted by atomic mass is 9.97. The van der Waals surface area contributed by atoms with E-state index in [1.165, 1.54) is 10.6 Å². The summed E-state index contributed by atoms with van der Waals surface area (Å²) < 4.78 is 30.0. The zero-order valence-corrected chi connectivity index (χ0v) is 15.3. The largest absolute Gasteiger partial charge is 0.394 e. The second-order valence-corrected chi connectivity index (χ2v) is 8.74. The fourth-order valence-corrected chi connectivity index (χ4v) is 4.35. The zero-order valence-electron chi connectivity index (χ0n) is 13.7. The van der Waals surface area contributed by atoms with E-state index < -0.39 is 10.0 Å². The van der Waals surface area contributed by atoms with Gasteiger partial charge in [-0.15, -0.1) is 11.3 Å². The number of sulfonamides is 1. The van der Waals surface area contributed by atoms with Gasteiger partial charge in [0.25, 0.3) is 0 Å². The first kappa shape index (κ1) is 19.3. The molecule has 2 rings (SSSR count). The van der Waals surface area contributed by atoms with Crippen molar-refractivity contribution < 1.29 is 23.1 Å². The number of carbonyl (C=O) groups is 1. The van der Waals surface area contributed by atoms with Crippen LogP contribution in [0.1, 0.15) is 23.8 Å². The SMILES string of the molecule is CS(=O)(=O)N1CCC(C(=O)NC[C@H](OCCO)c2cccs2)CC1. The van der Waals surface area contributed by atoms with Crippen molar-refractivity contribution in [2.24, 2.45) is 5.92 Å². The van der Waals surface area contributed by atoms with Gasteiger partial charge in [0.05, 0.1) is 19.5 Å². The number of piperidine rings is 1. The lowest BCUT2D eigenvalue weighted by Crippen LogP contribution is -2.43. The molecule has 1 fully saturated rings. The van der Waals surface area contributed by atoms with Gasteiger partial charge in [-0.3, -0.25) is 4.79 Å². The number of hydrogen-bond acceptors (Lipinski definition) is 6. The van der Waals surface area contributed by atoms with Crippen molar-refractivity contribution in [2.75, 3.05) is 39.1 Å². The molecule has 1 aliphatic heterocycles. The number of aliphatic hydroxyl groups is 1. The second-order valence-electron chi connectivity index (χ2n) is 5.78. The third-order valence-electron chi connectivity index (χ3n) is 4.03. The molecule has 7 nitrogen and oxygen atoms in total. The highest BCUT2D eigenvalue weighted by molar-refractivity contribution is 7.88. The molecule has 1 amide bonds. The van der Waals surface area contributed by atoms with Gasteiger partial charge in [0, 0.05) is 30.4 Å². The third-order valence-corrected chi connectivity index (χ3v) is 6.29. The van der Waals surface area contributed by atoms with Gasteiger partial charge < -0.3 is 15.2 Å². The van der Waals surface area contributed by atoms with Crippen molar-refractivity contribution in [2.45, 2.75) is 18.9 Å². The van der Waals surface area contributed by atoms with Gasteiger partial charge in [0.2, 0.25) is 15.9 Å². The van der Waals surface area contributed by atoms with E-state index in [1.807, 2.05) is 17.5 Å². The Hall–Kier alpha value is -1.00. The van der Waals surface area contributed by atoms with Crippen LogP contribution in [0.3, 0.4) is 0 Å². The van der Waals surface area contributed by atoms with E-state index in [2.05, 4.69) is 5.32 Å².